The number of rotatable bonds is 6. The SMILES string of the molecule is CCCC(OC)C(NN)C1CCOC2(CCOCC2)C1. The van der Waals surface area contributed by atoms with Gasteiger partial charge in [0, 0.05) is 26.9 Å². The quantitative estimate of drug-likeness (QED) is 0.573. The molecule has 118 valence electrons. The van der Waals surface area contributed by atoms with E-state index < -0.39 is 0 Å². The van der Waals surface area contributed by atoms with Crippen molar-refractivity contribution in [1.82, 2.24) is 5.43 Å². The van der Waals surface area contributed by atoms with E-state index in [1.54, 1.807) is 7.11 Å². The van der Waals surface area contributed by atoms with Gasteiger partial charge in [-0.2, -0.15) is 0 Å². The molecule has 0 saturated carbocycles. The molecule has 0 aromatic rings. The summed E-state index contributed by atoms with van der Waals surface area (Å²) >= 11 is 0. The predicted octanol–water partition coefficient (Wildman–Crippen LogP) is 1.61. The first-order valence-corrected chi connectivity index (χ1v) is 7.95. The molecule has 2 heterocycles. The van der Waals surface area contributed by atoms with Gasteiger partial charge in [0.15, 0.2) is 0 Å². The molecule has 0 amide bonds. The van der Waals surface area contributed by atoms with Crippen molar-refractivity contribution in [3.63, 3.8) is 0 Å². The molecule has 2 fully saturated rings. The molecule has 5 heteroatoms. The van der Waals surface area contributed by atoms with E-state index in [9.17, 15) is 0 Å². The Balaban J connectivity index is 2.01. The summed E-state index contributed by atoms with van der Waals surface area (Å²) in [6.07, 6.45) is 6.47. The number of nitrogens with two attached hydrogens (primary N) is 1. The van der Waals surface area contributed by atoms with Gasteiger partial charge in [-0.1, -0.05) is 13.3 Å². The molecule has 5 nitrogen and oxygen atoms in total. The first-order chi connectivity index (χ1) is 9.74. The molecule has 0 aliphatic carbocycles. The van der Waals surface area contributed by atoms with Gasteiger partial charge in [-0.3, -0.25) is 11.3 Å². The molecule has 0 radical (unpaired) electrons. The molecule has 3 unspecified atom stereocenters. The zero-order valence-electron chi connectivity index (χ0n) is 12.9. The number of ether oxygens (including phenoxy) is 3. The molecule has 2 saturated heterocycles. The molecule has 20 heavy (non-hydrogen) atoms. The van der Waals surface area contributed by atoms with Crippen LogP contribution in [0.5, 0.6) is 0 Å². The average Bonchev–Trinajstić information content (AvgIpc) is 2.48. The molecule has 0 aromatic carbocycles. The fourth-order valence-electron chi connectivity index (χ4n) is 3.74. The molecule has 0 bridgehead atoms. The largest absolute Gasteiger partial charge is 0.381 e. The minimum Gasteiger partial charge on any atom is -0.381 e. The minimum atomic E-state index is 0.0147. The van der Waals surface area contributed by atoms with Crippen LogP contribution in [0.25, 0.3) is 0 Å². The van der Waals surface area contributed by atoms with Crippen LogP contribution in [-0.2, 0) is 14.2 Å². The lowest BCUT2D eigenvalue weighted by molar-refractivity contribution is -0.154. The maximum atomic E-state index is 6.12. The Bertz CT molecular complexity index is 277. The van der Waals surface area contributed by atoms with Gasteiger partial charge in [-0.05, 0) is 38.0 Å². The lowest BCUT2D eigenvalue weighted by atomic mass is 9.76. The van der Waals surface area contributed by atoms with Crippen LogP contribution in [0, 0.1) is 5.92 Å². The molecule has 3 N–H and O–H groups in total. The summed E-state index contributed by atoms with van der Waals surface area (Å²) in [5, 5.41) is 0. The van der Waals surface area contributed by atoms with Crippen molar-refractivity contribution in [2.45, 2.75) is 63.2 Å². The topological polar surface area (TPSA) is 65.7 Å². The fourth-order valence-corrected chi connectivity index (χ4v) is 3.74. The molecule has 3 atom stereocenters. The van der Waals surface area contributed by atoms with Crippen LogP contribution in [0.3, 0.4) is 0 Å². The van der Waals surface area contributed by atoms with E-state index in [4.69, 9.17) is 20.1 Å². The van der Waals surface area contributed by atoms with Crippen molar-refractivity contribution < 1.29 is 14.2 Å². The van der Waals surface area contributed by atoms with Crippen LogP contribution in [0.1, 0.15) is 45.4 Å². The third-order valence-corrected chi connectivity index (χ3v) is 4.91. The highest BCUT2D eigenvalue weighted by Gasteiger charge is 2.42. The second kappa shape index (κ2) is 7.71. The van der Waals surface area contributed by atoms with E-state index in [-0.39, 0.29) is 17.7 Å². The lowest BCUT2D eigenvalue weighted by Crippen LogP contribution is -2.55. The third-order valence-electron chi connectivity index (χ3n) is 4.91. The van der Waals surface area contributed by atoms with Crippen LogP contribution in [-0.4, -0.2) is 44.7 Å². The molecular formula is C15H30N2O3. The zero-order valence-corrected chi connectivity index (χ0v) is 12.9. The van der Waals surface area contributed by atoms with Crippen molar-refractivity contribution in [2.24, 2.45) is 11.8 Å². The van der Waals surface area contributed by atoms with Gasteiger partial charge in [-0.15, -0.1) is 0 Å². The van der Waals surface area contributed by atoms with Gasteiger partial charge in [-0.25, -0.2) is 0 Å². The van der Waals surface area contributed by atoms with Gasteiger partial charge >= 0.3 is 0 Å². The van der Waals surface area contributed by atoms with E-state index in [0.717, 1.165) is 58.3 Å². The highest BCUT2D eigenvalue weighted by molar-refractivity contribution is 4.94. The summed E-state index contributed by atoms with van der Waals surface area (Å²) in [6, 6.07) is 0.212. The molecular weight excluding hydrogens is 256 g/mol. The number of hydrogen-bond acceptors (Lipinski definition) is 5. The van der Waals surface area contributed by atoms with E-state index in [1.807, 2.05) is 0 Å². The van der Waals surface area contributed by atoms with Crippen LogP contribution in [0.15, 0.2) is 0 Å². The summed E-state index contributed by atoms with van der Waals surface area (Å²) in [5.41, 5.74) is 3.03. The Labute approximate surface area is 122 Å². The Kier molecular flexibility index (Phi) is 6.23. The van der Waals surface area contributed by atoms with Crippen molar-refractivity contribution in [3.05, 3.63) is 0 Å². The van der Waals surface area contributed by atoms with Crippen LogP contribution < -0.4 is 11.3 Å². The number of nitrogens with one attached hydrogen (secondary N) is 1. The molecule has 0 aromatic heterocycles. The van der Waals surface area contributed by atoms with Gasteiger partial charge < -0.3 is 14.2 Å². The van der Waals surface area contributed by atoms with Gasteiger partial charge in [0.2, 0.25) is 0 Å². The standard InChI is InChI=1S/C15H30N2O3/c1-3-4-13(18-2)14(17-16)12-5-8-20-15(11-12)6-9-19-10-7-15/h12-14,17H,3-11,16H2,1-2H3. The van der Waals surface area contributed by atoms with Crippen molar-refractivity contribution >= 4 is 0 Å². The van der Waals surface area contributed by atoms with Gasteiger partial charge in [0.25, 0.3) is 0 Å². The number of hydrazine groups is 1. The fraction of sp³-hybridized carbons (Fsp3) is 1.00. The summed E-state index contributed by atoms with van der Waals surface area (Å²) in [5.74, 6) is 6.35. The van der Waals surface area contributed by atoms with E-state index >= 15 is 0 Å². The highest BCUT2D eigenvalue weighted by atomic mass is 16.5. The van der Waals surface area contributed by atoms with Gasteiger partial charge in [0.1, 0.15) is 0 Å². The third kappa shape index (κ3) is 3.71. The average molecular weight is 286 g/mol. The van der Waals surface area contributed by atoms with E-state index in [0.29, 0.717) is 5.92 Å². The van der Waals surface area contributed by atoms with Crippen LogP contribution in [0.2, 0.25) is 0 Å². The van der Waals surface area contributed by atoms with Crippen molar-refractivity contribution in [3.8, 4) is 0 Å². The second-order valence-corrected chi connectivity index (χ2v) is 6.15. The van der Waals surface area contributed by atoms with Crippen molar-refractivity contribution in [1.29, 1.82) is 0 Å². The second-order valence-electron chi connectivity index (χ2n) is 6.15. The van der Waals surface area contributed by atoms with Gasteiger partial charge in [0.05, 0.1) is 17.7 Å². The molecule has 2 aliphatic rings. The number of methoxy groups -OCH3 is 1. The highest BCUT2D eigenvalue weighted by Crippen LogP contribution is 2.39. The molecule has 2 aliphatic heterocycles. The summed E-state index contributed by atoms with van der Waals surface area (Å²) < 4.78 is 17.3. The first-order valence-electron chi connectivity index (χ1n) is 7.95. The summed E-state index contributed by atoms with van der Waals surface area (Å²) in [4.78, 5) is 0. The molecule has 2 rings (SSSR count). The summed E-state index contributed by atoms with van der Waals surface area (Å²) in [7, 11) is 1.79. The monoisotopic (exact) mass is 286 g/mol. The Morgan fingerprint density at radius 2 is 2.10 bits per heavy atom. The maximum Gasteiger partial charge on any atom is 0.0740 e. The molecule has 1 spiro atoms. The van der Waals surface area contributed by atoms with Crippen LogP contribution in [0.4, 0.5) is 0 Å². The Morgan fingerprint density at radius 3 is 2.70 bits per heavy atom. The Hall–Kier alpha value is -0.200. The minimum absolute atomic E-state index is 0.0147. The smallest absolute Gasteiger partial charge is 0.0740 e. The predicted molar refractivity (Wildman–Crippen MR) is 78.3 cm³/mol. The lowest BCUT2D eigenvalue weighted by Gasteiger charge is -2.46. The normalized spacial score (nSPS) is 29.2. The maximum absolute atomic E-state index is 6.12. The van der Waals surface area contributed by atoms with E-state index in [1.165, 1.54) is 0 Å². The summed E-state index contributed by atoms with van der Waals surface area (Å²) in [6.45, 7) is 4.64. The van der Waals surface area contributed by atoms with E-state index in [2.05, 4.69) is 12.3 Å². The van der Waals surface area contributed by atoms with Crippen LogP contribution >= 0.6 is 0 Å². The Morgan fingerprint density at radius 1 is 1.35 bits per heavy atom. The van der Waals surface area contributed by atoms with Crippen molar-refractivity contribution in [2.75, 3.05) is 26.9 Å². The number of hydrogen-bond donors (Lipinski definition) is 2. The zero-order chi connectivity index (χ0) is 14.4. The first kappa shape index (κ1) is 16.2.